The summed E-state index contributed by atoms with van der Waals surface area (Å²) in [5, 5.41) is 11.3. The number of carbonyl (C=O) groups is 1. The summed E-state index contributed by atoms with van der Waals surface area (Å²) in [5.74, 6) is -0.597. The van der Waals surface area contributed by atoms with Crippen LogP contribution >= 0.6 is 0 Å². The van der Waals surface area contributed by atoms with Crippen molar-refractivity contribution in [3.05, 3.63) is 0 Å². The van der Waals surface area contributed by atoms with Gasteiger partial charge in [0.1, 0.15) is 0 Å². The Morgan fingerprint density at radius 2 is 1.91 bits per heavy atom. The molecule has 0 heterocycles. The first kappa shape index (κ1) is 9.94. The molecular weight excluding hydrogens is 146 g/mol. The van der Waals surface area contributed by atoms with E-state index in [0.29, 0.717) is 0 Å². The van der Waals surface area contributed by atoms with Crippen molar-refractivity contribution in [2.45, 2.75) is 20.8 Å². The fourth-order valence-electron chi connectivity index (χ4n) is 0.594. The van der Waals surface area contributed by atoms with E-state index in [1.54, 1.807) is 20.8 Å². The highest BCUT2D eigenvalue weighted by Crippen LogP contribution is 2.16. The average Bonchev–Trinajstić information content (AvgIpc) is 1.86. The minimum Gasteiger partial charge on any atom is -0.464 e. The number of hydrogen-bond acceptors (Lipinski definition) is 4. The van der Waals surface area contributed by atoms with Crippen LogP contribution in [0.4, 0.5) is 0 Å². The van der Waals surface area contributed by atoms with Gasteiger partial charge in [0.25, 0.3) is 0 Å². The van der Waals surface area contributed by atoms with Crippen LogP contribution in [-0.2, 0) is 9.53 Å². The molecule has 0 unspecified atom stereocenters. The van der Waals surface area contributed by atoms with Crippen molar-refractivity contribution in [1.29, 1.82) is 0 Å². The van der Waals surface area contributed by atoms with E-state index >= 15 is 0 Å². The van der Waals surface area contributed by atoms with Crippen LogP contribution in [0.5, 0.6) is 0 Å². The molecule has 0 aromatic heterocycles. The largest absolute Gasteiger partial charge is 0.464 e. The number of esters is 1. The Kier molecular flexibility index (Phi) is 3.04. The number of rotatable bonds is 1. The smallest absolute Gasteiger partial charge is 0.356 e. The number of hydrogen-bond donors (Lipinski definition) is 1. The highest BCUT2D eigenvalue weighted by Gasteiger charge is 2.27. The van der Waals surface area contributed by atoms with E-state index in [2.05, 4.69) is 9.89 Å². The molecule has 11 heavy (non-hydrogen) atoms. The predicted octanol–water partition coefficient (Wildman–Crippen LogP) is 1.04. The van der Waals surface area contributed by atoms with E-state index in [1.165, 1.54) is 7.11 Å². The van der Waals surface area contributed by atoms with Gasteiger partial charge in [-0.25, -0.2) is 4.79 Å². The molecule has 4 heteroatoms. The van der Waals surface area contributed by atoms with Gasteiger partial charge in [0.2, 0.25) is 0 Å². The van der Waals surface area contributed by atoms with Crippen LogP contribution in [0.15, 0.2) is 5.16 Å². The fourth-order valence-corrected chi connectivity index (χ4v) is 0.594. The third-order valence-corrected chi connectivity index (χ3v) is 1.19. The molecule has 0 spiro atoms. The topological polar surface area (TPSA) is 58.9 Å². The van der Waals surface area contributed by atoms with Crippen molar-refractivity contribution in [3.8, 4) is 0 Å². The van der Waals surface area contributed by atoms with Gasteiger partial charge < -0.3 is 9.94 Å². The van der Waals surface area contributed by atoms with Crippen LogP contribution in [-0.4, -0.2) is 24.0 Å². The standard InChI is InChI=1S/C7H13NO3/c1-7(2,3)5(8-10)6(9)11-4/h10H,1-4H3/b8-5-. The van der Waals surface area contributed by atoms with Crippen molar-refractivity contribution >= 4 is 11.7 Å². The molecular formula is C7H13NO3. The number of nitrogens with zero attached hydrogens (tertiary/aromatic N) is 1. The van der Waals surface area contributed by atoms with Crippen molar-refractivity contribution in [2.75, 3.05) is 7.11 Å². The number of oxime groups is 1. The van der Waals surface area contributed by atoms with Gasteiger partial charge in [-0.2, -0.15) is 0 Å². The number of ether oxygens (including phenoxy) is 1. The van der Waals surface area contributed by atoms with Gasteiger partial charge >= 0.3 is 5.97 Å². The zero-order chi connectivity index (χ0) is 9.07. The Morgan fingerprint density at radius 1 is 1.45 bits per heavy atom. The Balaban J connectivity index is 4.58. The molecule has 0 radical (unpaired) electrons. The molecule has 0 aliphatic carbocycles. The lowest BCUT2D eigenvalue weighted by Gasteiger charge is -2.16. The van der Waals surface area contributed by atoms with Gasteiger partial charge in [-0.05, 0) is 0 Å². The molecule has 0 bridgehead atoms. The molecule has 0 saturated heterocycles. The molecule has 0 aliphatic rings. The van der Waals surface area contributed by atoms with Crippen LogP contribution in [0.3, 0.4) is 0 Å². The van der Waals surface area contributed by atoms with Crippen LogP contribution in [0.2, 0.25) is 0 Å². The van der Waals surface area contributed by atoms with Crippen LogP contribution < -0.4 is 0 Å². The summed E-state index contributed by atoms with van der Waals surface area (Å²) in [6, 6.07) is 0. The summed E-state index contributed by atoms with van der Waals surface area (Å²) >= 11 is 0. The molecule has 64 valence electrons. The highest BCUT2D eigenvalue weighted by atomic mass is 16.5. The summed E-state index contributed by atoms with van der Waals surface area (Å²) in [4.78, 5) is 10.9. The van der Waals surface area contributed by atoms with Crippen molar-refractivity contribution in [3.63, 3.8) is 0 Å². The van der Waals surface area contributed by atoms with Gasteiger partial charge in [0.05, 0.1) is 7.11 Å². The zero-order valence-corrected chi connectivity index (χ0v) is 7.21. The first-order valence-corrected chi connectivity index (χ1v) is 3.24. The molecule has 4 nitrogen and oxygen atoms in total. The molecule has 0 atom stereocenters. The van der Waals surface area contributed by atoms with Gasteiger partial charge in [-0.15, -0.1) is 0 Å². The van der Waals surface area contributed by atoms with E-state index in [-0.39, 0.29) is 5.71 Å². The molecule has 1 N–H and O–H groups in total. The molecule has 0 rings (SSSR count). The summed E-state index contributed by atoms with van der Waals surface area (Å²) in [5.41, 5.74) is -0.457. The van der Waals surface area contributed by atoms with Crippen molar-refractivity contribution < 1.29 is 14.7 Å². The van der Waals surface area contributed by atoms with Crippen LogP contribution in [0.1, 0.15) is 20.8 Å². The lowest BCUT2D eigenvalue weighted by atomic mass is 9.90. The average molecular weight is 159 g/mol. The maximum Gasteiger partial charge on any atom is 0.356 e. The van der Waals surface area contributed by atoms with Crippen molar-refractivity contribution in [2.24, 2.45) is 10.6 Å². The summed E-state index contributed by atoms with van der Waals surface area (Å²) in [6.07, 6.45) is 0. The summed E-state index contributed by atoms with van der Waals surface area (Å²) < 4.78 is 4.40. The van der Waals surface area contributed by atoms with E-state index in [0.717, 1.165) is 0 Å². The predicted molar refractivity (Wildman–Crippen MR) is 40.7 cm³/mol. The molecule has 0 aliphatic heterocycles. The number of carbonyl (C=O) groups excluding carboxylic acids is 1. The Labute approximate surface area is 65.8 Å². The Hall–Kier alpha value is -1.06. The minimum absolute atomic E-state index is 0.0278. The van der Waals surface area contributed by atoms with Crippen LogP contribution in [0, 0.1) is 5.41 Å². The maximum absolute atomic E-state index is 10.9. The van der Waals surface area contributed by atoms with E-state index < -0.39 is 11.4 Å². The van der Waals surface area contributed by atoms with Gasteiger partial charge in [0, 0.05) is 5.41 Å². The van der Waals surface area contributed by atoms with E-state index in [9.17, 15) is 4.79 Å². The van der Waals surface area contributed by atoms with Crippen LogP contribution in [0.25, 0.3) is 0 Å². The minimum atomic E-state index is -0.597. The second-order valence-electron chi connectivity index (χ2n) is 3.19. The lowest BCUT2D eigenvalue weighted by molar-refractivity contribution is -0.133. The van der Waals surface area contributed by atoms with E-state index in [4.69, 9.17) is 5.21 Å². The lowest BCUT2D eigenvalue weighted by Crippen LogP contribution is -2.29. The fraction of sp³-hybridized carbons (Fsp3) is 0.714. The summed E-state index contributed by atoms with van der Waals surface area (Å²) in [7, 11) is 1.25. The van der Waals surface area contributed by atoms with Gasteiger partial charge in [-0.1, -0.05) is 25.9 Å². The Morgan fingerprint density at radius 3 is 2.00 bits per heavy atom. The van der Waals surface area contributed by atoms with Gasteiger partial charge in [-0.3, -0.25) is 0 Å². The Bertz CT molecular complexity index is 179. The summed E-state index contributed by atoms with van der Waals surface area (Å²) in [6.45, 7) is 5.29. The third-order valence-electron chi connectivity index (χ3n) is 1.19. The molecule has 0 aromatic carbocycles. The first-order valence-electron chi connectivity index (χ1n) is 3.24. The zero-order valence-electron chi connectivity index (χ0n) is 7.21. The van der Waals surface area contributed by atoms with E-state index in [1.807, 2.05) is 0 Å². The second-order valence-corrected chi connectivity index (χ2v) is 3.19. The molecule has 0 fully saturated rings. The molecule has 0 amide bonds. The molecule has 0 saturated carbocycles. The molecule has 0 aromatic rings. The third kappa shape index (κ3) is 2.57. The first-order chi connectivity index (χ1) is 4.93. The van der Waals surface area contributed by atoms with Crippen molar-refractivity contribution in [1.82, 2.24) is 0 Å². The SMILES string of the molecule is COC(=O)/C(=N/O)C(C)(C)C. The second kappa shape index (κ2) is 3.37. The maximum atomic E-state index is 10.9. The normalized spacial score (nSPS) is 12.9. The monoisotopic (exact) mass is 159 g/mol. The van der Waals surface area contributed by atoms with Gasteiger partial charge in [0.15, 0.2) is 5.71 Å². The number of methoxy groups -OCH3 is 1. The highest BCUT2D eigenvalue weighted by molar-refractivity contribution is 6.38. The quantitative estimate of drug-likeness (QED) is 0.269.